The molecule has 0 aromatic heterocycles. The summed E-state index contributed by atoms with van der Waals surface area (Å²) in [6.45, 7) is 4.60. The fourth-order valence-electron chi connectivity index (χ4n) is 2.17. The van der Waals surface area contributed by atoms with Crippen LogP contribution in [-0.4, -0.2) is 26.2 Å². The average Bonchev–Trinajstić information content (AvgIpc) is 2.37. The van der Waals surface area contributed by atoms with E-state index in [0.717, 1.165) is 21.7 Å². The molecule has 4 nitrogen and oxygen atoms in total. The van der Waals surface area contributed by atoms with Gasteiger partial charge in [0.1, 0.15) is 6.09 Å². The summed E-state index contributed by atoms with van der Waals surface area (Å²) < 4.78 is 0. The van der Waals surface area contributed by atoms with E-state index in [-0.39, 0.29) is 0 Å². The van der Waals surface area contributed by atoms with Gasteiger partial charge >= 0.3 is 0 Å². The molecule has 0 bridgehead atoms. The van der Waals surface area contributed by atoms with Gasteiger partial charge in [0.2, 0.25) is 0 Å². The van der Waals surface area contributed by atoms with Gasteiger partial charge in [0.15, 0.2) is 0 Å². The van der Waals surface area contributed by atoms with Crippen LogP contribution in [0.15, 0.2) is 12.1 Å². The van der Waals surface area contributed by atoms with Crippen molar-refractivity contribution in [2.75, 3.05) is 29.9 Å². The first-order valence-electron chi connectivity index (χ1n) is 6.10. The number of amides is 1. The number of nitrogens with zero attached hydrogens (tertiary/aromatic N) is 2. The maximum Gasteiger partial charge on any atom is 0.141 e. The number of carbonyl (C=O) groups is 1. The van der Waals surface area contributed by atoms with Crippen molar-refractivity contribution in [3.63, 3.8) is 0 Å². The number of hydrogen-bond donors (Lipinski definition) is 0. The van der Waals surface area contributed by atoms with Crippen molar-refractivity contribution in [2.24, 2.45) is 0 Å². The Morgan fingerprint density at radius 2 is 1.65 bits per heavy atom. The lowest BCUT2D eigenvalue weighted by Crippen LogP contribution is -2.38. The van der Waals surface area contributed by atoms with Crippen LogP contribution in [-0.2, 0) is 0 Å². The molecule has 0 atom stereocenters. The molecule has 0 aliphatic rings. The summed E-state index contributed by atoms with van der Waals surface area (Å²) in [5, 5.41) is 10.9. The summed E-state index contributed by atoms with van der Waals surface area (Å²) in [4.78, 5) is 13.9. The fraction of sp³-hybridized carbons (Fsp3) is 0.312. The third-order valence-corrected chi connectivity index (χ3v) is 3.02. The maximum atomic E-state index is 10.9. The van der Waals surface area contributed by atoms with Crippen LogP contribution in [0.4, 0.5) is 16.2 Å². The van der Waals surface area contributed by atoms with Crippen LogP contribution in [0.2, 0.25) is 0 Å². The summed E-state index contributed by atoms with van der Waals surface area (Å²) in [6, 6.07) is 3.55. The van der Waals surface area contributed by atoms with Gasteiger partial charge in [0, 0.05) is 18.4 Å². The van der Waals surface area contributed by atoms with Gasteiger partial charge in [-0.1, -0.05) is 11.8 Å². The second-order valence-electron chi connectivity index (χ2n) is 4.52. The SMILES string of the molecule is C#CCN(CC#C)c1c(C)cc(N(C)C(=O)[O-])cc1C. The molecule has 0 radical (unpaired) electrons. The molecular weight excluding hydrogens is 252 g/mol. The lowest BCUT2D eigenvalue weighted by Gasteiger charge is -2.27. The molecule has 4 heteroatoms. The number of benzene rings is 1. The highest BCUT2D eigenvalue weighted by atomic mass is 16.4. The quantitative estimate of drug-likeness (QED) is 0.771. The van der Waals surface area contributed by atoms with Gasteiger partial charge in [-0.15, -0.1) is 12.8 Å². The van der Waals surface area contributed by atoms with E-state index in [1.54, 1.807) is 12.1 Å². The Bertz CT molecular complexity index is 554. The largest absolute Gasteiger partial charge is 0.530 e. The Labute approximate surface area is 120 Å². The molecule has 0 fully saturated rings. The van der Waals surface area contributed by atoms with Gasteiger partial charge in [-0.2, -0.15) is 0 Å². The maximum absolute atomic E-state index is 10.9. The molecule has 1 aromatic carbocycles. The molecule has 1 aromatic rings. The van der Waals surface area contributed by atoms with Gasteiger partial charge in [-0.25, -0.2) is 0 Å². The predicted molar refractivity (Wildman–Crippen MR) is 79.6 cm³/mol. The van der Waals surface area contributed by atoms with Crippen LogP contribution >= 0.6 is 0 Å². The van der Waals surface area contributed by atoms with E-state index >= 15 is 0 Å². The van der Waals surface area contributed by atoms with Gasteiger partial charge in [-0.3, -0.25) is 0 Å². The summed E-state index contributed by atoms with van der Waals surface area (Å²) in [7, 11) is 1.45. The lowest BCUT2D eigenvalue weighted by atomic mass is 10.1. The van der Waals surface area contributed by atoms with Crippen LogP contribution in [0.5, 0.6) is 0 Å². The van der Waals surface area contributed by atoms with Crippen molar-refractivity contribution in [1.29, 1.82) is 0 Å². The number of terminal acetylenes is 2. The van der Waals surface area contributed by atoms with Crippen LogP contribution in [0.1, 0.15) is 11.1 Å². The Kier molecular flexibility index (Phi) is 5.06. The molecule has 0 spiro atoms. The minimum Gasteiger partial charge on any atom is -0.530 e. The smallest absolute Gasteiger partial charge is 0.141 e. The van der Waals surface area contributed by atoms with E-state index < -0.39 is 6.09 Å². The van der Waals surface area contributed by atoms with Crippen LogP contribution in [0.25, 0.3) is 0 Å². The van der Waals surface area contributed by atoms with Gasteiger partial charge in [0.25, 0.3) is 0 Å². The zero-order valence-electron chi connectivity index (χ0n) is 11.9. The van der Waals surface area contributed by atoms with Crippen molar-refractivity contribution >= 4 is 17.5 Å². The van der Waals surface area contributed by atoms with Crippen LogP contribution < -0.4 is 14.9 Å². The zero-order valence-corrected chi connectivity index (χ0v) is 11.9. The summed E-state index contributed by atoms with van der Waals surface area (Å²) in [6.07, 6.45) is 9.47. The number of carboxylic acid groups (broad SMARTS) is 1. The summed E-state index contributed by atoms with van der Waals surface area (Å²) >= 11 is 0. The molecule has 1 rings (SSSR count). The first-order chi connectivity index (χ1) is 9.42. The zero-order chi connectivity index (χ0) is 15.3. The first-order valence-corrected chi connectivity index (χ1v) is 6.10. The molecule has 0 saturated heterocycles. The predicted octanol–water partition coefficient (Wildman–Crippen LogP) is 1.16. The average molecular weight is 269 g/mol. The first kappa shape index (κ1) is 15.5. The number of rotatable bonds is 4. The van der Waals surface area contributed by atoms with E-state index in [2.05, 4.69) is 11.8 Å². The summed E-state index contributed by atoms with van der Waals surface area (Å²) in [5.74, 6) is 5.15. The number of anilines is 2. The Morgan fingerprint density at radius 1 is 1.20 bits per heavy atom. The van der Waals surface area contributed by atoms with E-state index in [1.165, 1.54) is 7.05 Å². The van der Waals surface area contributed by atoms with E-state index in [0.29, 0.717) is 18.8 Å². The fourth-order valence-corrected chi connectivity index (χ4v) is 2.17. The Hall–Kier alpha value is -2.59. The van der Waals surface area contributed by atoms with Crippen LogP contribution in [0, 0.1) is 38.5 Å². The molecule has 0 heterocycles. The molecule has 1 amide bonds. The highest BCUT2D eigenvalue weighted by molar-refractivity contribution is 5.85. The lowest BCUT2D eigenvalue weighted by molar-refractivity contribution is -0.246. The van der Waals surface area contributed by atoms with Crippen molar-refractivity contribution in [3.8, 4) is 24.7 Å². The minimum atomic E-state index is -1.25. The standard InChI is InChI=1S/C16H18N2O2/c1-6-8-18(9-7-2)15-12(3)10-14(11-13(15)4)17(5)16(19)20/h1-2,10-11H,8-9H2,3-5H3,(H,19,20)/p-1. The highest BCUT2D eigenvalue weighted by Gasteiger charge is 2.13. The Balaban J connectivity index is 3.27. The highest BCUT2D eigenvalue weighted by Crippen LogP contribution is 2.29. The number of aryl methyl sites for hydroxylation is 2. The third kappa shape index (κ3) is 3.24. The van der Waals surface area contributed by atoms with E-state index in [4.69, 9.17) is 12.8 Å². The van der Waals surface area contributed by atoms with Gasteiger partial charge in [-0.05, 0) is 37.1 Å². The second kappa shape index (κ2) is 6.54. The normalized spacial score (nSPS) is 9.45. The van der Waals surface area contributed by atoms with Crippen molar-refractivity contribution in [2.45, 2.75) is 13.8 Å². The molecule has 0 unspecified atom stereocenters. The molecule has 0 saturated carbocycles. The van der Waals surface area contributed by atoms with E-state index in [9.17, 15) is 9.90 Å². The van der Waals surface area contributed by atoms with Gasteiger partial charge in [0.05, 0.1) is 13.1 Å². The molecule has 104 valence electrons. The molecule has 0 N–H and O–H groups in total. The summed E-state index contributed by atoms with van der Waals surface area (Å²) in [5.41, 5.74) is 3.33. The molecule has 20 heavy (non-hydrogen) atoms. The van der Waals surface area contributed by atoms with Crippen LogP contribution in [0.3, 0.4) is 0 Å². The number of carbonyl (C=O) groups excluding carboxylic acids is 1. The molecular formula is C16H17N2O2-. The molecule has 0 aliphatic heterocycles. The molecule has 0 aliphatic carbocycles. The van der Waals surface area contributed by atoms with Crippen molar-refractivity contribution < 1.29 is 9.90 Å². The monoisotopic (exact) mass is 269 g/mol. The van der Waals surface area contributed by atoms with Crippen molar-refractivity contribution in [3.05, 3.63) is 23.3 Å². The van der Waals surface area contributed by atoms with Gasteiger partial charge < -0.3 is 19.7 Å². The van der Waals surface area contributed by atoms with E-state index in [1.807, 2.05) is 18.7 Å². The number of hydrogen-bond acceptors (Lipinski definition) is 3. The minimum absolute atomic E-state index is 0.404. The second-order valence-corrected chi connectivity index (χ2v) is 4.52. The topological polar surface area (TPSA) is 46.6 Å². The Morgan fingerprint density at radius 3 is 2.00 bits per heavy atom. The third-order valence-electron chi connectivity index (χ3n) is 3.02. The van der Waals surface area contributed by atoms with Crippen molar-refractivity contribution in [1.82, 2.24) is 0 Å².